The zero-order valence-corrected chi connectivity index (χ0v) is 16.1. The molecule has 28 heavy (non-hydrogen) atoms. The van der Waals surface area contributed by atoms with Crippen LogP contribution < -0.4 is 4.74 Å². The second-order valence-electron chi connectivity index (χ2n) is 6.97. The molecule has 1 saturated carbocycles. The van der Waals surface area contributed by atoms with Gasteiger partial charge in [0, 0.05) is 41.0 Å². The molecule has 2 aromatic heterocycles. The van der Waals surface area contributed by atoms with Crippen LogP contribution >= 0.6 is 11.6 Å². The molecule has 8 heteroatoms. The number of hydrogen-bond acceptors (Lipinski definition) is 5. The van der Waals surface area contributed by atoms with Gasteiger partial charge in [0.15, 0.2) is 0 Å². The molecule has 0 amide bonds. The molecule has 2 atom stereocenters. The van der Waals surface area contributed by atoms with Crippen molar-refractivity contribution in [2.24, 2.45) is 7.05 Å². The van der Waals surface area contributed by atoms with Crippen LogP contribution in [0.2, 0.25) is 5.02 Å². The van der Waals surface area contributed by atoms with Crippen molar-refractivity contribution < 1.29 is 14.2 Å². The van der Waals surface area contributed by atoms with Gasteiger partial charge in [0.05, 0.1) is 11.9 Å². The number of phenolic OH excluding ortho intramolecular Hbond substituents is 1. The van der Waals surface area contributed by atoms with Crippen LogP contribution in [-0.4, -0.2) is 37.4 Å². The fraction of sp³-hybridized carbons (Fsp3) is 0.350. The number of ether oxygens (including phenoxy) is 1. The zero-order valence-electron chi connectivity index (χ0n) is 15.3. The quantitative estimate of drug-likeness (QED) is 0.692. The highest BCUT2D eigenvalue weighted by Gasteiger charge is 2.27. The molecule has 0 unspecified atom stereocenters. The highest BCUT2D eigenvalue weighted by atomic mass is 35.5. The summed E-state index contributed by atoms with van der Waals surface area (Å²) in [6, 6.07) is 6.53. The molecule has 4 rings (SSSR count). The summed E-state index contributed by atoms with van der Waals surface area (Å²) in [6.45, 7) is 0. The Hall–Kier alpha value is -2.67. The maximum atomic E-state index is 13.9. The van der Waals surface area contributed by atoms with Crippen LogP contribution in [0.3, 0.4) is 0 Å². The summed E-state index contributed by atoms with van der Waals surface area (Å²) < 4.78 is 21.2. The van der Waals surface area contributed by atoms with Crippen molar-refractivity contribution in [3.8, 4) is 34.0 Å². The first-order chi connectivity index (χ1) is 13.5. The third-order valence-corrected chi connectivity index (χ3v) is 5.22. The average Bonchev–Trinajstić information content (AvgIpc) is 3.12. The Kier molecular flexibility index (Phi) is 5.17. The molecule has 0 aliphatic heterocycles. The average molecular weight is 403 g/mol. The highest BCUT2D eigenvalue weighted by Crippen LogP contribution is 2.38. The number of hydrogen-bond donors (Lipinski definition) is 1. The Morgan fingerprint density at radius 3 is 2.68 bits per heavy atom. The molecule has 1 fully saturated rings. The summed E-state index contributed by atoms with van der Waals surface area (Å²) in [4.78, 5) is 0. The fourth-order valence-corrected chi connectivity index (χ4v) is 3.69. The SMILES string of the molecule is Cn1cc(-c2cc(O)c(-c3ccc(O[C@H]4CCCC[C@H]4F)nn3)cc2Cl)cn1. The van der Waals surface area contributed by atoms with Crippen LogP contribution in [-0.2, 0) is 7.05 Å². The van der Waals surface area contributed by atoms with Gasteiger partial charge >= 0.3 is 0 Å². The lowest BCUT2D eigenvalue weighted by Crippen LogP contribution is -2.32. The number of aromatic hydroxyl groups is 1. The molecule has 1 N–H and O–H groups in total. The lowest BCUT2D eigenvalue weighted by atomic mass is 9.96. The first kappa shape index (κ1) is 18.7. The Labute approximate surface area is 166 Å². The second kappa shape index (κ2) is 7.75. The van der Waals surface area contributed by atoms with Crippen molar-refractivity contribution >= 4 is 11.6 Å². The summed E-state index contributed by atoms with van der Waals surface area (Å²) in [5.41, 5.74) is 2.38. The molecule has 1 aliphatic carbocycles. The predicted octanol–water partition coefficient (Wildman–Crippen LogP) is 4.56. The Morgan fingerprint density at radius 1 is 1.18 bits per heavy atom. The van der Waals surface area contributed by atoms with Gasteiger partial charge in [-0.05, 0) is 37.5 Å². The molecular formula is C20H20ClFN4O2. The van der Waals surface area contributed by atoms with Crippen molar-refractivity contribution in [3.05, 3.63) is 41.7 Å². The Bertz CT molecular complexity index is 977. The van der Waals surface area contributed by atoms with E-state index in [1.54, 1.807) is 35.1 Å². The van der Waals surface area contributed by atoms with Gasteiger partial charge in [-0.3, -0.25) is 4.68 Å². The first-order valence-corrected chi connectivity index (χ1v) is 9.55. The standard InChI is InChI=1S/C20H20ClFN4O2/c1-26-11-12(10-23-26)13-9-18(27)14(8-15(13)21)17-6-7-20(25-24-17)28-19-5-3-2-4-16(19)22/h6-11,16,19,27H,2-5H2,1H3/t16-,19+/m1/s1. The van der Waals surface area contributed by atoms with Gasteiger partial charge < -0.3 is 9.84 Å². The number of rotatable bonds is 4. The molecule has 6 nitrogen and oxygen atoms in total. The van der Waals surface area contributed by atoms with E-state index in [-0.39, 0.29) is 11.6 Å². The van der Waals surface area contributed by atoms with Crippen LogP contribution in [0.1, 0.15) is 25.7 Å². The zero-order chi connectivity index (χ0) is 19.7. The number of alkyl halides is 1. The summed E-state index contributed by atoms with van der Waals surface area (Å²) in [5.74, 6) is 0.304. The Balaban J connectivity index is 1.56. The lowest BCUT2D eigenvalue weighted by molar-refractivity contribution is 0.0594. The lowest BCUT2D eigenvalue weighted by Gasteiger charge is -2.25. The Morgan fingerprint density at radius 2 is 2.00 bits per heavy atom. The van der Waals surface area contributed by atoms with Gasteiger partial charge in [-0.25, -0.2) is 4.39 Å². The highest BCUT2D eigenvalue weighted by molar-refractivity contribution is 6.33. The minimum Gasteiger partial charge on any atom is -0.507 e. The number of halogens is 2. The molecule has 0 saturated heterocycles. The van der Waals surface area contributed by atoms with Crippen LogP contribution in [0.25, 0.3) is 22.4 Å². The number of nitrogens with zero attached hydrogens (tertiary/aromatic N) is 4. The monoisotopic (exact) mass is 402 g/mol. The van der Waals surface area contributed by atoms with Crippen LogP contribution in [0, 0.1) is 0 Å². The maximum Gasteiger partial charge on any atom is 0.233 e. The summed E-state index contributed by atoms with van der Waals surface area (Å²) in [6.07, 6.45) is 5.08. The predicted molar refractivity (Wildman–Crippen MR) is 104 cm³/mol. The molecular weight excluding hydrogens is 383 g/mol. The van der Waals surface area contributed by atoms with E-state index in [1.165, 1.54) is 0 Å². The molecule has 0 radical (unpaired) electrons. The molecule has 1 aliphatic rings. The minimum absolute atomic E-state index is 0.0299. The second-order valence-corrected chi connectivity index (χ2v) is 7.37. The van der Waals surface area contributed by atoms with E-state index in [2.05, 4.69) is 15.3 Å². The molecule has 3 aromatic rings. The van der Waals surface area contributed by atoms with Gasteiger partial charge in [0.2, 0.25) is 5.88 Å². The number of aryl methyl sites for hydroxylation is 1. The van der Waals surface area contributed by atoms with E-state index in [0.717, 1.165) is 18.4 Å². The van der Waals surface area contributed by atoms with E-state index in [4.69, 9.17) is 16.3 Å². The largest absolute Gasteiger partial charge is 0.507 e. The van der Waals surface area contributed by atoms with E-state index >= 15 is 0 Å². The van der Waals surface area contributed by atoms with Gasteiger partial charge in [0.1, 0.15) is 18.0 Å². The van der Waals surface area contributed by atoms with Crippen molar-refractivity contribution in [1.82, 2.24) is 20.0 Å². The van der Waals surface area contributed by atoms with E-state index in [1.807, 2.05) is 13.2 Å². The van der Waals surface area contributed by atoms with Crippen LogP contribution in [0.5, 0.6) is 11.6 Å². The van der Waals surface area contributed by atoms with E-state index in [0.29, 0.717) is 34.7 Å². The van der Waals surface area contributed by atoms with Crippen molar-refractivity contribution in [1.29, 1.82) is 0 Å². The normalized spacial score (nSPS) is 19.5. The fourth-order valence-electron chi connectivity index (χ4n) is 3.41. The molecule has 2 heterocycles. The molecule has 146 valence electrons. The van der Waals surface area contributed by atoms with Crippen LogP contribution in [0.15, 0.2) is 36.7 Å². The molecule has 0 spiro atoms. The topological polar surface area (TPSA) is 73.1 Å². The number of phenols is 1. The first-order valence-electron chi connectivity index (χ1n) is 9.17. The van der Waals surface area contributed by atoms with Crippen molar-refractivity contribution in [2.45, 2.75) is 38.0 Å². The van der Waals surface area contributed by atoms with Gasteiger partial charge in [0.25, 0.3) is 0 Å². The summed E-state index contributed by atoms with van der Waals surface area (Å²) in [7, 11) is 1.81. The van der Waals surface area contributed by atoms with E-state index < -0.39 is 12.3 Å². The molecule has 0 bridgehead atoms. The maximum absolute atomic E-state index is 13.9. The van der Waals surface area contributed by atoms with Crippen molar-refractivity contribution in [2.75, 3.05) is 0 Å². The van der Waals surface area contributed by atoms with Crippen LogP contribution in [0.4, 0.5) is 4.39 Å². The summed E-state index contributed by atoms with van der Waals surface area (Å²) >= 11 is 6.41. The van der Waals surface area contributed by atoms with Gasteiger partial charge in [-0.1, -0.05) is 18.0 Å². The minimum atomic E-state index is -0.974. The van der Waals surface area contributed by atoms with Gasteiger partial charge in [-0.15, -0.1) is 10.2 Å². The molecule has 1 aromatic carbocycles. The summed E-state index contributed by atoms with van der Waals surface area (Å²) in [5, 5.41) is 23.2. The van der Waals surface area contributed by atoms with E-state index in [9.17, 15) is 9.50 Å². The van der Waals surface area contributed by atoms with Gasteiger partial charge in [-0.2, -0.15) is 5.10 Å². The third kappa shape index (κ3) is 3.80. The smallest absolute Gasteiger partial charge is 0.233 e. The van der Waals surface area contributed by atoms with Crippen molar-refractivity contribution in [3.63, 3.8) is 0 Å². The number of benzene rings is 1. The third-order valence-electron chi connectivity index (χ3n) is 4.91. The number of aromatic nitrogens is 4.